The SMILES string of the molecule is C=C\C=C/C=C\C=C(C)\C(C)=C(\C)N. The molecule has 0 bridgehead atoms. The van der Waals surface area contributed by atoms with Crippen LogP contribution in [-0.4, -0.2) is 0 Å². The molecule has 0 atom stereocenters. The molecule has 0 rings (SSSR count). The molecule has 0 heterocycles. The fraction of sp³-hybridized carbons (Fsp3) is 0.231. The molecule has 0 aliphatic heterocycles. The second kappa shape index (κ2) is 6.96. The molecule has 1 heteroatoms. The maximum absolute atomic E-state index is 5.68. The Bertz CT molecular complexity index is 297. The Kier molecular flexibility index (Phi) is 6.21. The maximum Gasteiger partial charge on any atom is 0.00812 e. The van der Waals surface area contributed by atoms with Crippen LogP contribution >= 0.6 is 0 Å². The molecule has 0 aromatic heterocycles. The van der Waals surface area contributed by atoms with Crippen LogP contribution in [0.25, 0.3) is 0 Å². The van der Waals surface area contributed by atoms with Crippen molar-refractivity contribution in [3.63, 3.8) is 0 Å². The Morgan fingerprint density at radius 1 is 1.00 bits per heavy atom. The van der Waals surface area contributed by atoms with E-state index in [0.29, 0.717) is 0 Å². The van der Waals surface area contributed by atoms with Crippen molar-refractivity contribution in [3.8, 4) is 0 Å². The van der Waals surface area contributed by atoms with Gasteiger partial charge in [-0.15, -0.1) is 0 Å². The summed E-state index contributed by atoms with van der Waals surface area (Å²) in [6.07, 6.45) is 11.6. The average molecular weight is 189 g/mol. The summed E-state index contributed by atoms with van der Waals surface area (Å²) in [5.74, 6) is 0. The summed E-state index contributed by atoms with van der Waals surface area (Å²) in [6, 6.07) is 0. The number of rotatable bonds is 4. The Morgan fingerprint density at radius 2 is 1.57 bits per heavy atom. The first-order valence-corrected chi connectivity index (χ1v) is 4.65. The molecule has 0 aromatic rings. The standard InChI is InChI=1S/C13H19N/c1-5-6-7-8-9-10-11(2)12(3)13(4)14/h5-10H,1,14H2,2-4H3/b7-6-,9-8-,11-10+,13-12-. The van der Waals surface area contributed by atoms with E-state index in [1.807, 2.05) is 51.2 Å². The molecule has 0 spiro atoms. The predicted octanol–water partition coefficient (Wildman–Crippen LogP) is 3.48. The fourth-order valence-electron chi connectivity index (χ4n) is 0.843. The minimum Gasteiger partial charge on any atom is -0.402 e. The Morgan fingerprint density at radius 3 is 2.07 bits per heavy atom. The lowest BCUT2D eigenvalue weighted by Gasteiger charge is -2.01. The van der Waals surface area contributed by atoms with Crippen molar-refractivity contribution >= 4 is 0 Å². The van der Waals surface area contributed by atoms with Crippen molar-refractivity contribution in [3.05, 3.63) is 59.9 Å². The van der Waals surface area contributed by atoms with Crippen LogP contribution in [-0.2, 0) is 0 Å². The number of allylic oxidation sites excluding steroid dienone is 9. The van der Waals surface area contributed by atoms with Gasteiger partial charge in [-0.1, -0.05) is 43.0 Å². The third kappa shape index (κ3) is 5.20. The molecule has 14 heavy (non-hydrogen) atoms. The first kappa shape index (κ1) is 12.5. The van der Waals surface area contributed by atoms with Gasteiger partial charge in [0, 0.05) is 5.70 Å². The van der Waals surface area contributed by atoms with Crippen LogP contribution in [0.2, 0.25) is 0 Å². The monoisotopic (exact) mass is 189 g/mol. The quantitative estimate of drug-likeness (QED) is 0.673. The highest BCUT2D eigenvalue weighted by Gasteiger charge is 1.92. The third-order valence-electron chi connectivity index (χ3n) is 2.00. The van der Waals surface area contributed by atoms with Crippen LogP contribution in [0.1, 0.15) is 20.8 Å². The molecule has 2 N–H and O–H groups in total. The second-order valence-electron chi connectivity index (χ2n) is 3.16. The molecule has 0 unspecified atom stereocenters. The van der Waals surface area contributed by atoms with Crippen molar-refractivity contribution < 1.29 is 0 Å². The third-order valence-corrected chi connectivity index (χ3v) is 2.00. The molecule has 0 aromatic carbocycles. The largest absolute Gasteiger partial charge is 0.402 e. The Balaban J connectivity index is 4.40. The van der Waals surface area contributed by atoms with Gasteiger partial charge in [0.1, 0.15) is 0 Å². The summed E-state index contributed by atoms with van der Waals surface area (Å²) in [5.41, 5.74) is 8.87. The Hall–Kier alpha value is -1.50. The van der Waals surface area contributed by atoms with Gasteiger partial charge in [0.15, 0.2) is 0 Å². The van der Waals surface area contributed by atoms with Crippen molar-refractivity contribution in [2.75, 3.05) is 0 Å². The topological polar surface area (TPSA) is 26.0 Å². The molecule has 0 aliphatic carbocycles. The van der Waals surface area contributed by atoms with E-state index >= 15 is 0 Å². The van der Waals surface area contributed by atoms with Crippen LogP contribution in [0, 0.1) is 0 Å². The van der Waals surface area contributed by atoms with Crippen molar-refractivity contribution in [2.24, 2.45) is 5.73 Å². The average Bonchev–Trinajstić information content (AvgIpc) is 2.16. The number of hydrogen-bond acceptors (Lipinski definition) is 1. The van der Waals surface area contributed by atoms with Crippen LogP contribution in [0.4, 0.5) is 0 Å². The zero-order valence-corrected chi connectivity index (χ0v) is 9.25. The van der Waals surface area contributed by atoms with Crippen molar-refractivity contribution in [2.45, 2.75) is 20.8 Å². The molecule has 0 saturated carbocycles. The molecule has 1 nitrogen and oxygen atoms in total. The lowest BCUT2D eigenvalue weighted by molar-refractivity contribution is 1.19. The molecule has 0 radical (unpaired) electrons. The number of nitrogens with two attached hydrogens (primary N) is 1. The van der Waals surface area contributed by atoms with E-state index in [4.69, 9.17) is 5.73 Å². The molecular weight excluding hydrogens is 170 g/mol. The molecule has 76 valence electrons. The van der Waals surface area contributed by atoms with E-state index in [0.717, 1.165) is 11.3 Å². The van der Waals surface area contributed by atoms with Crippen LogP contribution in [0.3, 0.4) is 0 Å². The molecule has 0 fully saturated rings. The lowest BCUT2D eigenvalue weighted by Crippen LogP contribution is -1.96. The summed E-state index contributed by atoms with van der Waals surface area (Å²) in [4.78, 5) is 0. The first-order valence-electron chi connectivity index (χ1n) is 4.65. The molecule has 0 aliphatic rings. The maximum atomic E-state index is 5.68. The summed E-state index contributed by atoms with van der Waals surface area (Å²) < 4.78 is 0. The molecular formula is C13H19N. The molecule has 0 amide bonds. The van der Waals surface area contributed by atoms with Gasteiger partial charge in [-0.2, -0.15) is 0 Å². The van der Waals surface area contributed by atoms with Crippen molar-refractivity contribution in [1.29, 1.82) is 0 Å². The zero-order chi connectivity index (χ0) is 11.0. The van der Waals surface area contributed by atoms with Gasteiger partial charge in [-0.05, 0) is 31.9 Å². The summed E-state index contributed by atoms with van der Waals surface area (Å²) in [7, 11) is 0. The summed E-state index contributed by atoms with van der Waals surface area (Å²) >= 11 is 0. The fourth-order valence-corrected chi connectivity index (χ4v) is 0.843. The highest BCUT2D eigenvalue weighted by atomic mass is 14.6. The normalized spacial score (nSPS) is 14.9. The van der Waals surface area contributed by atoms with E-state index in [1.165, 1.54) is 5.57 Å². The van der Waals surface area contributed by atoms with Crippen LogP contribution < -0.4 is 5.73 Å². The van der Waals surface area contributed by atoms with E-state index in [2.05, 4.69) is 6.58 Å². The molecule has 0 saturated heterocycles. The smallest absolute Gasteiger partial charge is 0.00812 e. The van der Waals surface area contributed by atoms with Gasteiger partial charge in [-0.3, -0.25) is 0 Å². The van der Waals surface area contributed by atoms with E-state index in [1.54, 1.807) is 6.08 Å². The lowest BCUT2D eigenvalue weighted by atomic mass is 10.1. The van der Waals surface area contributed by atoms with Crippen molar-refractivity contribution in [1.82, 2.24) is 0 Å². The van der Waals surface area contributed by atoms with Gasteiger partial charge >= 0.3 is 0 Å². The van der Waals surface area contributed by atoms with Gasteiger partial charge < -0.3 is 5.73 Å². The Labute approximate surface area is 87.0 Å². The van der Waals surface area contributed by atoms with E-state index < -0.39 is 0 Å². The van der Waals surface area contributed by atoms with Crippen LogP contribution in [0.15, 0.2) is 59.9 Å². The first-order chi connectivity index (χ1) is 6.59. The van der Waals surface area contributed by atoms with Gasteiger partial charge in [-0.25, -0.2) is 0 Å². The van der Waals surface area contributed by atoms with Crippen LogP contribution in [0.5, 0.6) is 0 Å². The zero-order valence-electron chi connectivity index (χ0n) is 9.25. The predicted molar refractivity (Wildman–Crippen MR) is 64.8 cm³/mol. The van der Waals surface area contributed by atoms with Gasteiger partial charge in [0.25, 0.3) is 0 Å². The van der Waals surface area contributed by atoms with Gasteiger partial charge in [0.05, 0.1) is 0 Å². The highest BCUT2D eigenvalue weighted by Crippen LogP contribution is 2.10. The highest BCUT2D eigenvalue weighted by molar-refractivity contribution is 5.33. The van der Waals surface area contributed by atoms with E-state index in [-0.39, 0.29) is 0 Å². The summed E-state index contributed by atoms with van der Waals surface area (Å²) in [5, 5.41) is 0. The second-order valence-corrected chi connectivity index (χ2v) is 3.16. The minimum atomic E-state index is 0.869. The summed E-state index contributed by atoms with van der Waals surface area (Å²) in [6.45, 7) is 9.57. The minimum absolute atomic E-state index is 0.869. The van der Waals surface area contributed by atoms with Gasteiger partial charge in [0.2, 0.25) is 0 Å². The van der Waals surface area contributed by atoms with E-state index in [9.17, 15) is 0 Å². The number of hydrogen-bond donors (Lipinski definition) is 1.